The van der Waals surface area contributed by atoms with Gasteiger partial charge in [0.15, 0.2) is 0 Å². The Balaban J connectivity index is 1.90. The summed E-state index contributed by atoms with van der Waals surface area (Å²) < 4.78 is 5.31. The molecule has 0 aromatic heterocycles. The monoisotopic (exact) mass is 325 g/mol. The normalized spacial score (nSPS) is 13.8. The van der Waals surface area contributed by atoms with Gasteiger partial charge in [0.25, 0.3) is 0 Å². The topological polar surface area (TPSA) is 21.3 Å². The van der Waals surface area contributed by atoms with Gasteiger partial charge in [-0.05, 0) is 54.0 Å². The Morgan fingerprint density at radius 1 is 0.917 bits per heavy atom. The number of nitrogens with one attached hydrogen (secondary N) is 1. The first-order chi connectivity index (χ1) is 11.5. The number of methoxy groups -OCH3 is 1. The lowest BCUT2D eigenvalue weighted by Crippen LogP contribution is -2.23. The van der Waals surface area contributed by atoms with Gasteiger partial charge in [0.1, 0.15) is 5.75 Å². The molecule has 0 amide bonds. The van der Waals surface area contributed by atoms with Crippen molar-refractivity contribution in [2.45, 2.75) is 46.1 Å². The zero-order chi connectivity index (χ0) is 17.5. The maximum Gasteiger partial charge on any atom is 0.119 e. The summed E-state index contributed by atoms with van der Waals surface area (Å²) in [7, 11) is 1.71. The largest absolute Gasteiger partial charge is 0.497 e. The van der Waals surface area contributed by atoms with Crippen molar-refractivity contribution in [3.05, 3.63) is 65.2 Å². The first kappa shape index (κ1) is 18.5. The third-order valence-electron chi connectivity index (χ3n) is 4.52. The molecular weight excluding hydrogens is 294 g/mol. The molecule has 0 saturated carbocycles. The van der Waals surface area contributed by atoms with Crippen molar-refractivity contribution in [2.24, 2.45) is 5.92 Å². The molecule has 2 nitrogen and oxygen atoms in total. The van der Waals surface area contributed by atoms with Crippen LogP contribution in [0.25, 0.3) is 0 Å². The molecule has 2 heteroatoms. The van der Waals surface area contributed by atoms with Gasteiger partial charge in [0.05, 0.1) is 7.11 Å². The third-order valence-corrected chi connectivity index (χ3v) is 4.52. The summed E-state index contributed by atoms with van der Waals surface area (Å²) in [5.74, 6) is 2.11. The second kappa shape index (κ2) is 8.89. The lowest BCUT2D eigenvalue weighted by molar-refractivity contribution is 0.413. The molecule has 130 valence electrons. The molecule has 0 radical (unpaired) electrons. The summed E-state index contributed by atoms with van der Waals surface area (Å²) in [6.07, 6.45) is 1.15. The molecule has 2 atom stereocenters. The standard InChI is InChI=1S/C22H31NO/c1-16(2)13-19-9-11-20(12-10-19)17(3)15-23-18(4)21-7-6-8-22(14-21)24-5/h6-12,14,16-18,23H,13,15H2,1-5H3/t17?,18-/m0/s1. The van der Waals surface area contributed by atoms with Gasteiger partial charge in [0, 0.05) is 12.6 Å². The minimum absolute atomic E-state index is 0.308. The van der Waals surface area contributed by atoms with Gasteiger partial charge in [-0.3, -0.25) is 0 Å². The molecule has 1 N–H and O–H groups in total. The van der Waals surface area contributed by atoms with Crippen LogP contribution >= 0.6 is 0 Å². The predicted octanol–water partition coefficient (Wildman–Crippen LogP) is 5.35. The van der Waals surface area contributed by atoms with Crippen LogP contribution in [-0.2, 0) is 6.42 Å². The molecule has 2 aromatic carbocycles. The average Bonchev–Trinajstić information content (AvgIpc) is 2.59. The fourth-order valence-corrected chi connectivity index (χ4v) is 2.95. The third kappa shape index (κ3) is 5.38. The molecule has 0 bridgehead atoms. The molecule has 0 spiro atoms. The van der Waals surface area contributed by atoms with Gasteiger partial charge in [-0.25, -0.2) is 0 Å². The van der Waals surface area contributed by atoms with Crippen molar-refractivity contribution in [3.8, 4) is 5.75 Å². The molecule has 0 fully saturated rings. The van der Waals surface area contributed by atoms with E-state index in [1.54, 1.807) is 7.11 Å². The second-order valence-electron chi connectivity index (χ2n) is 7.15. The molecule has 0 aliphatic rings. The van der Waals surface area contributed by atoms with E-state index in [1.807, 2.05) is 12.1 Å². The molecule has 1 unspecified atom stereocenters. The highest BCUT2D eigenvalue weighted by Crippen LogP contribution is 2.21. The SMILES string of the molecule is COc1cccc([C@H](C)NCC(C)c2ccc(CC(C)C)cc2)c1. The van der Waals surface area contributed by atoms with Crippen LogP contribution in [-0.4, -0.2) is 13.7 Å². The minimum atomic E-state index is 0.308. The molecule has 2 aromatic rings. The van der Waals surface area contributed by atoms with Crippen molar-refractivity contribution >= 4 is 0 Å². The fourth-order valence-electron chi connectivity index (χ4n) is 2.95. The fraction of sp³-hybridized carbons (Fsp3) is 0.455. The van der Waals surface area contributed by atoms with Crippen LogP contribution in [0.4, 0.5) is 0 Å². The lowest BCUT2D eigenvalue weighted by atomic mass is 9.96. The minimum Gasteiger partial charge on any atom is -0.497 e. The second-order valence-corrected chi connectivity index (χ2v) is 7.15. The van der Waals surface area contributed by atoms with Gasteiger partial charge < -0.3 is 10.1 Å². The number of ether oxygens (including phenoxy) is 1. The van der Waals surface area contributed by atoms with Crippen molar-refractivity contribution in [1.82, 2.24) is 5.32 Å². The number of benzene rings is 2. The molecule has 0 heterocycles. The van der Waals surface area contributed by atoms with E-state index >= 15 is 0 Å². The quantitative estimate of drug-likeness (QED) is 0.706. The number of hydrogen-bond acceptors (Lipinski definition) is 2. The molecule has 24 heavy (non-hydrogen) atoms. The Morgan fingerprint density at radius 3 is 2.25 bits per heavy atom. The maximum absolute atomic E-state index is 5.31. The highest BCUT2D eigenvalue weighted by molar-refractivity contribution is 5.30. The zero-order valence-corrected chi connectivity index (χ0v) is 15.7. The van der Waals surface area contributed by atoms with E-state index < -0.39 is 0 Å². The summed E-state index contributed by atoms with van der Waals surface area (Å²) in [6.45, 7) is 9.97. The van der Waals surface area contributed by atoms with E-state index in [1.165, 1.54) is 16.7 Å². The summed E-state index contributed by atoms with van der Waals surface area (Å²) in [6, 6.07) is 17.7. The van der Waals surface area contributed by atoms with E-state index in [0.29, 0.717) is 17.9 Å². The van der Waals surface area contributed by atoms with Crippen LogP contribution in [0.15, 0.2) is 48.5 Å². The number of rotatable bonds is 8. The van der Waals surface area contributed by atoms with Crippen LogP contribution in [0, 0.1) is 5.92 Å². The van der Waals surface area contributed by atoms with Crippen molar-refractivity contribution < 1.29 is 4.74 Å². The molecule has 0 aliphatic heterocycles. The van der Waals surface area contributed by atoms with E-state index in [0.717, 1.165) is 18.7 Å². The molecular formula is C22H31NO. The summed E-state index contributed by atoms with van der Waals surface area (Å²) in [5.41, 5.74) is 4.08. The van der Waals surface area contributed by atoms with Gasteiger partial charge in [-0.2, -0.15) is 0 Å². The van der Waals surface area contributed by atoms with E-state index in [-0.39, 0.29) is 0 Å². The van der Waals surface area contributed by atoms with Gasteiger partial charge in [-0.15, -0.1) is 0 Å². The zero-order valence-electron chi connectivity index (χ0n) is 15.7. The number of hydrogen-bond donors (Lipinski definition) is 1. The van der Waals surface area contributed by atoms with Crippen molar-refractivity contribution in [1.29, 1.82) is 0 Å². The summed E-state index contributed by atoms with van der Waals surface area (Å²) in [5, 5.41) is 3.64. The Hall–Kier alpha value is -1.80. The van der Waals surface area contributed by atoms with Crippen LogP contribution in [0.2, 0.25) is 0 Å². The van der Waals surface area contributed by atoms with Crippen molar-refractivity contribution in [3.63, 3.8) is 0 Å². The van der Waals surface area contributed by atoms with Crippen LogP contribution < -0.4 is 10.1 Å². The summed E-state index contributed by atoms with van der Waals surface area (Å²) >= 11 is 0. The highest BCUT2D eigenvalue weighted by atomic mass is 16.5. The Labute approximate surface area is 147 Å². The van der Waals surface area contributed by atoms with Gasteiger partial charge in [0.2, 0.25) is 0 Å². The van der Waals surface area contributed by atoms with Gasteiger partial charge >= 0.3 is 0 Å². The smallest absolute Gasteiger partial charge is 0.119 e. The average molecular weight is 325 g/mol. The lowest BCUT2D eigenvalue weighted by Gasteiger charge is -2.19. The van der Waals surface area contributed by atoms with Crippen molar-refractivity contribution in [2.75, 3.05) is 13.7 Å². The first-order valence-electron chi connectivity index (χ1n) is 8.95. The van der Waals surface area contributed by atoms with Crippen LogP contribution in [0.5, 0.6) is 5.75 Å². The predicted molar refractivity (Wildman–Crippen MR) is 103 cm³/mol. The first-order valence-corrected chi connectivity index (χ1v) is 8.95. The van der Waals surface area contributed by atoms with E-state index in [4.69, 9.17) is 4.74 Å². The molecule has 0 saturated heterocycles. The van der Waals surface area contributed by atoms with Crippen LogP contribution in [0.1, 0.15) is 56.3 Å². The highest BCUT2D eigenvalue weighted by Gasteiger charge is 2.10. The molecule has 2 rings (SSSR count). The van der Waals surface area contributed by atoms with Crippen LogP contribution in [0.3, 0.4) is 0 Å². The summed E-state index contributed by atoms with van der Waals surface area (Å²) in [4.78, 5) is 0. The van der Waals surface area contributed by atoms with E-state index in [2.05, 4.69) is 69.4 Å². The Morgan fingerprint density at radius 2 is 1.62 bits per heavy atom. The van der Waals surface area contributed by atoms with E-state index in [9.17, 15) is 0 Å². The Bertz CT molecular complexity index is 618. The Kier molecular flexibility index (Phi) is 6.86. The van der Waals surface area contributed by atoms with Gasteiger partial charge in [-0.1, -0.05) is 57.2 Å². The maximum atomic E-state index is 5.31. The molecule has 0 aliphatic carbocycles.